The molecule has 0 N–H and O–H groups in total. The first kappa shape index (κ1) is 67.7. The second-order valence-electron chi connectivity index (χ2n) is 24.5. The summed E-state index contributed by atoms with van der Waals surface area (Å²) < 4.78 is 48.8. The molecule has 5 aromatic carbocycles. The average Bonchev–Trinajstić information content (AvgIpc) is 1.59. The molecule has 9 heterocycles. The molecule has 17 nitrogen and oxygen atoms in total. The van der Waals surface area contributed by atoms with E-state index in [9.17, 15) is 27.6 Å². The molecule has 1 saturated heterocycles. The Kier molecular flexibility index (Phi) is 20.6. The van der Waals surface area contributed by atoms with Crippen LogP contribution in [0.1, 0.15) is 120 Å². The quantitative estimate of drug-likeness (QED) is 0.0834. The number of alkyl halides is 3. The third kappa shape index (κ3) is 16.7. The second-order valence-corrected chi connectivity index (χ2v) is 24.5. The number of hydrogen-bond donors (Lipinski definition) is 0. The van der Waals surface area contributed by atoms with E-state index in [1.807, 2.05) is 143 Å². The van der Waals surface area contributed by atoms with Gasteiger partial charge in [-0.25, -0.2) is 33.5 Å². The highest BCUT2D eigenvalue weighted by Gasteiger charge is 2.34. The maximum atomic E-state index is 14.0. The Hall–Kier alpha value is -12.3. The van der Waals surface area contributed by atoms with Crippen LogP contribution in [0.25, 0.3) is 22.6 Å². The molecule has 100 heavy (non-hydrogen) atoms. The number of carbonyl (C=O) groups is 3. The number of hydrogen-bond acceptors (Lipinski definition) is 13. The van der Waals surface area contributed by atoms with Crippen molar-refractivity contribution in [2.75, 3.05) is 33.2 Å². The minimum atomic E-state index is -4.50. The minimum absolute atomic E-state index is 0.0267. The van der Waals surface area contributed by atoms with E-state index in [0.717, 1.165) is 99.3 Å². The summed E-state index contributed by atoms with van der Waals surface area (Å²) >= 11 is 0. The molecular weight excluding hydrogens is 1260 g/mol. The highest BCUT2D eigenvalue weighted by molar-refractivity contribution is 5.99. The number of halogens is 3. The van der Waals surface area contributed by atoms with E-state index in [1.54, 1.807) is 106 Å². The van der Waals surface area contributed by atoms with Crippen LogP contribution in [0.15, 0.2) is 202 Å². The maximum Gasteiger partial charge on any atom is 0.416 e. The maximum absolute atomic E-state index is 14.0. The van der Waals surface area contributed by atoms with E-state index < -0.39 is 11.7 Å². The van der Waals surface area contributed by atoms with E-state index in [0.29, 0.717) is 56.7 Å². The number of ketones is 3. The van der Waals surface area contributed by atoms with Gasteiger partial charge >= 0.3 is 6.18 Å². The van der Waals surface area contributed by atoms with Gasteiger partial charge < -0.3 is 9.47 Å². The number of imidazole rings is 1. The Bertz CT molecular complexity index is 5410. The molecule has 0 saturated carbocycles. The molecule has 496 valence electrons. The van der Waals surface area contributed by atoms with Crippen LogP contribution < -0.4 is 0 Å². The zero-order valence-electron chi connectivity index (χ0n) is 55.8. The fraction of sp³-hybridized carbons (Fsp3) is 0.188. The summed E-state index contributed by atoms with van der Waals surface area (Å²) in [7, 11) is 2.01. The number of nitrogens with zero attached hydrogens (tertiary/aromatic N) is 14. The summed E-state index contributed by atoms with van der Waals surface area (Å²) in [6.45, 7) is 13.2. The summed E-state index contributed by atoms with van der Waals surface area (Å²) in [5, 5.41) is 12.7. The number of Topliss-reactive ketones (excluding diaryl/α,β-unsaturated/α-hetero) is 3. The smallest absolute Gasteiger partial charge is 0.306 e. The van der Waals surface area contributed by atoms with Crippen LogP contribution >= 0.6 is 0 Å². The molecule has 13 aromatic rings. The van der Waals surface area contributed by atoms with Gasteiger partial charge in [0.15, 0.2) is 34.3 Å². The van der Waals surface area contributed by atoms with Gasteiger partial charge in [-0.1, -0.05) is 90.1 Å². The SMILES string of the molecule is Cc1cc(CC(=O)c2ccc(C)c(C#Cc3cnn4cccnc34)c2)cc(-n2ccnc2)c1.Cc1ccc(C(=O)Cc2ccc(CN3CCN(C)CC3)c(C(F)(F)F)c2)cc1C#Cc1cnn2cccnc12.Cc1ccnc(CC(=O)c2ccc(C)c(C#Cc3cnn4cccnc34)c2)c1. The molecule has 0 amide bonds. The van der Waals surface area contributed by atoms with E-state index >= 15 is 0 Å². The van der Waals surface area contributed by atoms with Gasteiger partial charge in [-0.3, -0.25) is 24.3 Å². The summed E-state index contributed by atoms with van der Waals surface area (Å²) in [6.07, 6.45) is 18.6. The number of benzene rings is 5. The number of likely N-dealkylation sites (N-methyl/N-ethyl adjacent to an activating group) is 1. The van der Waals surface area contributed by atoms with Gasteiger partial charge in [0.25, 0.3) is 0 Å². The third-order valence-electron chi connectivity index (χ3n) is 16.9. The summed E-state index contributed by atoms with van der Waals surface area (Å²) in [5.41, 5.74) is 15.9. The first-order valence-corrected chi connectivity index (χ1v) is 32.3. The fourth-order valence-electron chi connectivity index (χ4n) is 11.4. The third-order valence-corrected chi connectivity index (χ3v) is 16.9. The number of aryl methyl sites for hydroxylation is 5. The normalized spacial score (nSPS) is 12.2. The van der Waals surface area contributed by atoms with Crippen LogP contribution in [-0.4, -0.2) is 119 Å². The van der Waals surface area contributed by atoms with Crippen molar-refractivity contribution >= 4 is 34.3 Å². The van der Waals surface area contributed by atoms with E-state index in [-0.39, 0.29) is 42.3 Å². The van der Waals surface area contributed by atoms with Crippen molar-refractivity contribution in [1.29, 1.82) is 0 Å². The Morgan fingerprint density at radius 2 is 0.940 bits per heavy atom. The van der Waals surface area contributed by atoms with Crippen LogP contribution in [0.3, 0.4) is 0 Å². The molecule has 1 aliphatic heterocycles. The number of carbonyl (C=O) groups excluding carboxylic acids is 3. The van der Waals surface area contributed by atoms with Crippen molar-refractivity contribution in [2.45, 2.75) is 66.6 Å². The van der Waals surface area contributed by atoms with Gasteiger partial charge in [0.1, 0.15) is 0 Å². The highest BCUT2D eigenvalue weighted by atomic mass is 19.4. The van der Waals surface area contributed by atoms with Gasteiger partial charge in [-0.05, 0) is 153 Å². The molecule has 0 radical (unpaired) electrons. The van der Waals surface area contributed by atoms with Crippen molar-refractivity contribution in [3.63, 3.8) is 0 Å². The zero-order valence-corrected chi connectivity index (χ0v) is 55.8. The van der Waals surface area contributed by atoms with Crippen molar-refractivity contribution in [3.8, 4) is 41.2 Å². The minimum Gasteiger partial charge on any atom is -0.306 e. The topological polar surface area (TPSA) is 179 Å². The standard InChI is InChI=1S/C30H28F3N5O.C27H21N5O.C23H18N4O/c1-21-4-6-24(18-23(21)8-9-25-19-35-38-11-3-10-34-29(25)38)28(39)17-22-5-7-26(27(16-22)30(31,32)33)20-37-14-12-36(2)13-15-37;1-19-12-21(14-25(13-19)31-11-9-28-18-31)15-26(33)23-5-4-20(2)22(16-23)6-7-24-17-30-32-10-3-8-29-27(24)32;1-16-8-10-24-21(12-16)14-22(28)19-5-4-17(2)18(13-19)6-7-20-15-26-27-11-3-9-25-23(20)27/h3-7,10-11,16,18-19H,12-15,17,20H2,1-2H3;3-5,8-14,16-18H,15H2,1-2H3;3-5,8-13,15H,14H2,1-2H3. The predicted molar refractivity (Wildman–Crippen MR) is 376 cm³/mol. The molecular formula is C80H67F3N14O3. The largest absolute Gasteiger partial charge is 0.416 e. The van der Waals surface area contributed by atoms with Gasteiger partial charge in [0.05, 0.1) is 53.6 Å². The molecule has 14 rings (SSSR count). The highest BCUT2D eigenvalue weighted by Crippen LogP contribution is 2.34. The van der Waals surface area contributed by atoms with Crippen LogP contribution in [0, 0.1) is 70.1 Å². The van der Waals surface area contributed by atoms with Crippen LogP contribution in [-0.2, 0) is 32.0 Å². The molecule has 0 aliphatic carbocycles. The Balaban J connectivity index is 0.000000144. The number of pyridine rings is 1. The lowest BCUT2D eigenvalue weighted by atomic mass is 9.96. The first-order valence-electron chi connectivity index (χ1n) is 32.3. The van der Waals surface area contributed by atoms with Crippen molar-refractivity contribution in [1.82, 2.24) is 68.1 Å². The Labute approximate surface area is 576 Å². The van der Waals surface area contributed by atoms with E-state index in [4.69, 9.17) is 0 Å². The van der Waals surface area contributed by atoms with E-state index in [1.165, 1.54) is 6.07 Å². The molecule has 0 spiro atoms. The summed E-state index contributed by atoms with van der Waals surface area (Å²) in [6, 6.07) is 36.2. The Morgan fingerprint density at radius 3 is 1.41 bits per heavy atom. The number of rotatable bonds is 12. The molecule has 0 atom stereocenters. The molecule has 0 bridgehead atoms. The molecule has 1 aliphatic rings. The zero-order chi connectivity index (χ0) is 69.9. The first-order chi connectivity index (χ1) is 48.3. The monoisotopic (exact) mass is 1330 g/mol. The number of piperazine rings is 1. The molecule has 20 heteroatoms. The van der Waals surface area contributed by atoms with Crippen LogP contribution in [0.4, 0.5) is 13.2 Å². The lowest BCUT2D eigenvalue weighted by Crippen LogP contribution is -2.44. The van der Waals surface area contributed by atoms with Crippen molar-refractivity contribution in [2.24, 2.45) is 0 Å². The van der Waals surface area contributed by atoms with Crippen molar-refractivity contribution < 1.29 is 27.6 Å². The summed E-state index contributed by atoms with van der Waals surface area (Å²) in [5.74, 6) is 18.6. The molecule has 1 fully saturated rings. The number of aromatic nitrogens is 12. The lowest BCUT2D eigenvalue weighted by molar-refractivity contribution is -0.138. The van der Waals surface area contributed by atoms with Gasteiger partial charge in [-0.15, -0.1) is 0 Å². The summed E-state index contributed by atoms with van der Waals surface area (Å²) in [4.78, 5) is 64.4. The van der Waals surface area contributed by atoms with Crippen LogP contribution in [0.2, 0.25) is 0 Å². The molecule has 8 aromatic heterocycles. The van der Waals surface area contributed by atoms with Gasteiger partial charge in [-0.2, -0.15) is 28.5 Å². The van der Waals surface area contributed by atoms with Crippen molar-refractivity contribution in [3.05, 3.63) is 308 Å². The second kappa shape index (κ2) is 30.4. The molecule has 0 unspecified atom stereocenters. The Morgan fingerprint density at radius 1 is 0.460 bits per heavy atom. The average molecular weight is 1330 g/mol. The van der Waals surface area contributed by atoms with Crippen LogP contribution in [0.5, 0.6) is 0 Å². The van der Waals surface area contributed by atoms with Gasteiger partial charge in [0.2, 0.25) is 0 Å². The van der Waals surface area contributed by atoms with Gasteiger partial charge in [0, 0.05) is 146 Å². The predicted octanol–water partition coefficient (Wildman–Crippen LogP) is 12.6. The van der Waals surface area contributed by atoms with E-state index in [2.05, 4.69) is 86.7 Å². The fourth-order valence-corrected chi connectivity index (χ4v) is 11.4. The number of fused-ring (bicyclic) bond motifs is 3. The lowest BCUT2D eigenvalue weighted by Gasteiger charge is -2.33.